The summed E-state index contributed by atoms with van der Waals surface area (Å²) >= 11 is 0. The zero-order valence-electron chi connectivity index (χ0n) is 10.9. The van der Waals surface area contributed by atoms with Gasteiger partial charge in [-0.2, -0.15) is 4.98 Å². The second kappa shape index (κ2) is 5.04. The summed E-state index contributed by atoms with van der Waals surface area (Å²) in [6.07, 6.45) is 4.79. The van der Waals surface area contributed by atoms with Crippen LogP contribution >= 0.6 is 12.4 Å². The Morgan fingerprint density at radius 3 is 3.11 bits per heavy atom. The van der Waals surface area contributed by atoms with E-state index in [2.05, 4.69) is 10.5 Å². The minimum atomic E-state index is 0. The first-order valence-corrected chi connectivity index (χ1v) is 7.01. The largest absolute Gasteiger partial charge is 0.381 e. The quantitative estimate of drug-likeness (QED) is 0.895. The van der Waals surface area contributed by atoms with Gasteiger partial charge in [0.2, 0.25) is 5.89 Å². The molecule has 0 bridgehead atoms. The van der Waals surface area contributed by atoms with E-state index in [-0.39, 0.29) is 17.8 Å². The number of hydrogen-bond acceptors (Lipinski definition) is 5. The average Bonchev–Trinajstić information content (AvgIpc) is 3.13. The molecule has 1 aliphatic carbocycles. The molecule has 3 aliphatic rings. The highest BCUT2D eigenvalue weighted by Crippen LogP contribution is 2.47. The highest BCUT2D eigenvalue weighted by molar-refractivity contribution is 5.85. The number of rotatable bonds is 2. The maximum Gasteiger partial charge on any atom is 0.234 e. The summed E-state index contributed by atoms with van der Waals surface area (Å²) in [4.78, 5) is 4.71. The zero-order valence-corrected chi connectivity index (χ0v) is 11.7. The van der Waals surface area contributed by atoms with Gasteiger partial charge in [-0.15, -0.1) is 12.4 Å². The molecule has 5 nitrogen and oxygen atoms in total. The van der Waals surface area contributed by atoms with Crippen LogP contribution in [0.15, 0.2) is 4.52 Å². The van der Waals surface area contributed by atoms with Gasteiger partial charge in [-0.05, 0) is 31.7 Å². The van der Waals surface area contributed by atoms with Gasteiger partial charge in [0.25, 0.3) is 0 Å². The van der Waals surface area contributed by atoms with Crippen molar-refractivity contribution in [3.63, 3.8) is 0 Å². The van der Waals surface area contributed by atoms with Crippen LogP contribution in [-0.2, 0) is 10.2 Å². The molecule has 1 aromatic heterocycles. The smallest absolute Gasteiger partial charge is 0.234 e. The Kier molecular flexibility index (Phi) is 3.53. The monoisotopic (exact) mass is 285 g/mol. The van der Waals surface area contributed by atoms with Crippen molar-refractivity contribution in [3.05, 3.63) is 11.7 Å². The first-order valence-electron chi connectivity index (χ1n) is 7.01. The number of aromatic nitrogens is 2. The summed E-state index contributed by atoms with van der Waals surface area (Å²) in [7, 11) is 0. The molecular weight excluding hydrogens is 266 g/mol. The van der Waals surface area contributed by atoms with Crippen molar-refractivity contribution in [1.29, 1.82) is 0 Å². The topological polar surface area (TPSA) is 60.2 Å². The minimum Gasteiger partial charge on any atom is -0.381 e. The van der Waals surface area contributed by atoms with E-state index in [9.17, 15) is 0 Å². The van der Waals surface area contributed by atoms with Gasteiger partial charge in [-0.25, -0.2) is 0 Å². The number of nitrogens with zero attached hydrogens (tertiary/aromatic N) is 2. The lowest BCUT2D eigenvalue weighted by Gasteiger charge is -2.23. The molecule has 1 aromatic rings. The average molecular weight is 286 g/mol. The maximum atomic E-state index is 5.61. The van der Waals surface area contributed by atoms with Crippen molar-refractivity contribution in [3.8, 4) is 0 Å². The second-order valence-electron chi connectivity index (χ2n) is 5.89. The third kappa shape index (κ3) is 1.99. The van der Waals surface area contributed by atoms with E-state index < -0.39 is 0 Å². The van der Waals surface area contributed by atoms with Crippen LogP contribution in [0.25, 0.3) is 0 Å². The van der Waals surface area contributed by atoms with Gasteiger partial charge < -0.3 is 14.6 Å². The Morgan fingerprint density at radius 2 is 2.26 bits per heavy atom. The molecule has 3 fully saturated rings. The second-order valence-corrected chi connectivity index (χ2v) is 5.89. The van der Waals surface area contributed by atoms with Crippen LogP contribution in [0.4, 0.5) is 0 Å². The van der Waals surface area contributed by atoms with E-state index in [0.29, 0.717) is 11.8 Å². The molecule has 0 amide bonds. The fraction of sp³-hybridized carbons (Fsp3) is 0.846. The normalized spacial score (nSPS) is 37.3. The third-order valence-electron chi connectivity index (χ3n) is 4.95. The Hall–Kier alpha value is -0.650. The van der Waals surface area contributed by atoms with E-state index in [1.165, 1.54) is 19.3 Å². The fourth-order valence-corrected chi connectivity index (χ4v) is 3.84. The summed E-state index contributed by atoms with van der Waals surface area (Å²) in [5, 5.41) is 7.69. The van der Waals surface area contributed by atoms with Gasteiger partial charge in [-0.1, -0.05) is 11.6 Å². The Morgan fingerprint density at radius 1 is 1.32 bits per heavy atom. The molecule has 1 saturated carbocycles. The summed E-state index contributed by atoms with van der Waals surface area (Å²) in [5.41, 5.74) is 0.130. The SMILES string of the molecule is C1C[C@@H]2CNC[C@]2(c2nc(C3CCOC3)no2)C1.Cl. The van der Waals surface area contributed by atoms with Crippen LogP contribution in [0.2, 0.25) is 0 Å². The molecule has 19 heavy (non-hydrogen) atoms. The Labute approximate surface area is 118 Å². The molecule has 2 saturated heterocycles. The standard InChI is InChI=1S/C13H19N3O2.ClH/c1-2-10-6-14-8-13(10,4-1)12-15-11(16-18-12)9-3-5-17-7-9;/h9-10,14H,1-8H2;1H/t9?,10-,13-;/m1./s1. The zero-order chi connectivity index (χ0) is 12.0. The summed E-state index contributed by atoms with van der Waals surface area (Å²) in [5.74, 6) is 2.75. The highest BCUT2D eigenvalue weighted by Gasteiger charge is 2.51. The van der Waals surface area contributed by atoms with Crippen molar-refractivity contribution in [2.45, 2.75) is 37.0 Å². The van der Waals surface area contributed by atoms with Crippen LogP contribution in [0.5, 0.6) is 0 Å². The molecule has 0 radical (unpaired) electrons. The van der Waals surface area contributed by atoms with Crippen molar-refractivity contribution in [2.24, 2.45) is 5.92 Å². The van der Waals surface area contributed by atoms with Crippen molar-refractivity contribution in [1.82, 2.24) is 15.5 Å². The molecule has 106 valence electrons. The summed E-state index contributed by atoms with van der Waals surface area (Å²) in [6, 6.07) is 0. The Bertz CT molecular complexity index is 435. The minimum absolute atomic E-state index is 0. The molecule has 4 rings (SSSR count). The molecule has 0 aromatic carbocycles. The van der Waals surface area contributed by atoms with Crippen LogP contribution in [0, 0.1) is 5.92 Å². The predicted molar refractivity (Wildman–Crippen MR) is 71.6 cm³/mol. The molecule has 3 atom stereocenters. The molecule has 3 heterocycles. The van der Waals surface area contributed by atoms with E-state index in [4.69, 9.17) is 14.2 Å². The van der Waals surface area contributed by atoms with Gasteiger partial charge in [0.05, 0.1) is 12.0 Å². The molecule has 1 unspecified atom stereocenters. The third-order valence-corrected chi connectivity index (χ3v) is 4.95. The first kappa shape index (κ1) is 13.3. The van der Waals surface area contributed by atoms with E-state index in [1.54, 1.807) is 0 Å². The van der Waals surface area contributed by atoms with E-state index in [1.807, 2.05) is 0 Å². The maximum absolute atomic E-state index is 5.61. The molecule has 0 spiro atoms. The number of nitrogens with one attached hydrogen (secondary N) is 1. The lowest BCUT2D eigenvalue weighted by atomic mass is 9.80. The summed E-state index contributed by atoms with van der Waals surface area (Å²) < 4.78 is 11.0. The van der Waals surface area contributed by atoms with Crippen LogP contribution < -0.4 is 5.32 Å². The lowest BCUT2D eigenvalue weighted by Crippen LogP contribution is -2.31. The van der Waals surface area contributed by atoms with Gasteiger partial charge in [0, 0.05) is 19.1 Å². The van der Waals surface area contributed by atoms with Crippen molar-refractivity contribution >= 4 is 12.4 Å². The van der Waals surface area contributed by atoms with Gasteiger partial charge in [-0.3, -0.25) is 0 Å². The lowest BCUT2D eigenvalue weighted by molar-refractivity contribution is 0.192. The summed E-state index contributed by atoms with van der Waals surface area (Å²) in [6.45, 7) is 3.67. The van der Waals surface area contributed by atoms with Crippen molar-refractivity contribution < 1.29 is 9.26 Å². The molecule has 1 N–H and O–H groups in total. The fourth-order valence-electron chi connectivity index (χ4n) is 3.84. The Balaban J connectivity index is 0.00000110. The van der Waals surface area contributed by atoms with Gasteiger partial charge in [0.15, 0.2) is 5.82 Å². The number of fused-ring (bicyclic) bond motifs is 1. The van der Waals surface area contributed by atoms with Crippen LogP contribution in [0.1, 0.15) is 43.3 Å². The molecular formula is C13H20ClN3O2. The van der Waals surface area contributed by atoms with Gasteiger partial charge >= 0.3 is 0 Å². The number of hydrogen-bond donors (Lipinski definition) is 1. The van der Waals surface area contributed by atoms with E-state index in [0.717, 1.165) is 44.4 Å². The van der Waals surface area contributed by atoms with Crippen molar-refractivity contribution in [2.75, 3.05) is 26.3 Å². The number of halogens is 1. The first-order chi connectivity index (χ1) is 8.88. The number of ether oxygens (including phenoxy) is 1. The van der Waals surface area contributed by atoms with Gasteiger partial charge in [0.1, 0.15) is 0 Å². The van der Waals surface area contributed by atoms with Crippen LogP contribution in [0.3, 0.4) is 0 Å². The molecule has 6 heteroatoms. The highest BCUT2D eigenvalue weighted by atomic mass is 35.5. The predicted octanol–water partition coefficient (Wildman–Crippen LogP) is 1.64. The molecule has 2 aliphatic heterocycles. The van der Waals surface area contributed by atoms with Crippen LogP contribution in [-0.4, -0.2) is 36.4 Å². The van der Waals surface area contributed by atoms with E-state index >= 15 is 0 Å².